The van der Waals surface area contributed by atoms with Gasteiger partial charge in [0.2, 0.25) is 0 Å². The quantitative estimate of drug-likeness (QED) is 0.735. The van der Waals surface area contributed by atoms with Crippen molar-refractivity contribution in [1.82, 2.24) is 0 Å². The zero-order chi connectivity index (χ0) is 9.97. The van der Waals surface area contributed by atoms with Gasteiger partial charge >= 0.3 is 8.25 Å². The summed E-state index contributed by atoms with van der Waals surface area (Å²) in [7, 11) is -1.94. The van der Waals surface area contributed by atoms with Crippen molar-refractivity contribution in [2.45, 2.75) is 12.5 Å². The first-order chi connectivity index (χ1) is 6.77. The molecule has 3 nitrogen and oxygen atoms in total. The molecule has 1 fully saturated rings. The SMILES string of the molecule is O=[P+]1OCC[C@@H](c2ccccc2Br)O1. The molecule has 0 aliphatic carbocycles. The molecule has 1 heterocycles. The molecule has 1 unspecified atom stereocenters. The molecule has 1 aliphatic rings. The van der Waals surface area contributed by atoms with Gasteiger partial charge in [0.1, 0.15) is 12.7 Å². The predicted molar refractivity (Wildman–Crippen MR) is 56.1 cm³/mol. The minimum Gasteiger partial charge on any atom is -0.119 e. The molecule has 14 heavy (non-hydrogen) atoms. The smallest absolute Gasteiger partial charge is 0.119 e. The normalized spacial score (nSPS) is 24.9. The van der Waals surface area contributed by atoms with Crippen LogP contribution in [0, 0.1) is 0 Å². The van der Waals surface area contributed by atoms with Crippen molar-refractivity contribution in [3.63, 3.8) is 0 Å². The monoisotopic (exact) mass is 275 g/mol. The Morgan fingerprint density at radius 1 is 1.43 bits per heavy atom. The maximum atomic E-state index is 11.0. The molecular weight excluding hydrogens is 267 g/mol. The molecule has 0 N–H and O–H groups in total. The van der Waals surface area contributed by atoms with E-state index in [0.717, 1.165) is 16.5 Å². The summed E-state index contributed by atoms with van der Waals surface area (Å²) >= 11 is 3.44. The van der Waals surface area contributed by atoms with E-state index in [4.69, 9.17) is 9.05 Å². The maximum absolute atomic E-state index is 11.0. The Morgan fingerprint density at radius 3 is 2.93 bits per heavy atom. The minimum absolute atomic E-state index is 0.122. The van der Waals surface area contributed by atoms with E-state index in [-0.39, 0.29) is 6.10 Å². The van der Waals surface area contributed by atoms with E-state index in [1.54, 1.807) is 0 Å². The van der Waals surface area contributed by atoms with Crippen LogP contribution >= 0.6 is 24.2 Å². The van der Waals surface area contributed by atoms with Gasteiger partial charge in [-0.2, -0.15) is 0 Å². The third-order valence-corrected chi connectivity index (χ3v) is 3.58. The second kappa shape index (κ2) is 4.49. The summed E-state index contributed by atoms with van der Waals surface area (Å²) in [5.74, 6) is 0. The first-order valence-corrected chi connectivity index (χ1v) is 6.17. The number of halogens is 1. The Hall–Kier alpha value is -0.280. The molecule has 1 saturated heterocycles. The van der Waals surface area contributed by atoms with Crippen molar-refractivity contribution in [2.75, 3.05) is 6.61 Å². The lowest BCUT2D eigenvalue weighted by atomic mass is 10.1. The predicted octanol–water partition coefficient (Wildman–Crippen LogP) is 3.58. The van der Waals surface area contributed by atoms with Gasteiger partial charge in [-0.05, 0) is 6.07 Å². The Bertz CT molecular complexity index is 356. The van der Waals surface area contributed by atoms with Crippen LogP contribution in [0.4, 0.5) is 0 Å². The lowest BCUT2D eigenvalue weighted by molar-refractivity contribution is 0.0964. The highest BCUT2D eigenvalue weighted by Gasteiger charge is 2.34. The summed E-state index contributed by atoms with van der Waals surface area (Å²) in [5, 5.41) is 0. The second-order valence-electron chi connectivity index (χ2n) is 2.96. The average Bonchev–Trinajstić information content (AvgIpc) is 2.18. The maximum Gasteiger partial charge on any atom is 0.698 e. The Morgan fingerprint density at radius 2 is 2.21 bits per heavy atom. The van der Waals surface area contributed by atoms with Crippen molar-refractivity contribution in [3.8, 4) is 0 Å². The lowest BCUT2D eigenvalue weighted by Crippen LogP contribution is -2.09. The van der Waals surface area contributed by atoms with E-state index < -0.39 is 8.25 Å². The van der Waals surface area contributed by atoms with E-state index in [1.165, 1.54) is 0 Å². The van der Waals surface area contributed by atoms with Crippen molar-refractivity contribution < 1.29 is 13.6 Å². The first kappa shape index (κ1) is 10.2. The molecule has 0 amide bonds. The van der Waals surface area contributed by atoms with E-state index in [0.29, 0.717) is 6.61 Å². The summed E-state index contributed by atoms with van der Waals surface area (Å²) in [6.07, 6.45) is 0.617. The first-order valence-electron chi connectivity index (χ1n) is 4.29. The summed E-state index contributed by atoms with van der Waals surface area (Å²) in [5.41, 5.74) is 1.03. The van der Waals surface area contributed by atoms with Gasteiger partial charge < -0.3 is 0 Å². The fourth-order valence-electron chi connectivity index (χ4n) is 1.37. The number of hydrogen-bond acceptors (Lipinski definition) is 3. The van der Waals surface area contributed by atoms with Gasteiger partial charge in [0.05, 0.1) is 0 Å². The molecule has 0 saturated carbocycles. The molecule has 2 rings (SSSR count). The largest absolute Gasteiger partial charge is 0.698 e. The van der Waals surface area contributed by atoms with Crippen LogP contribution in [-0.4, -0.2) is 6.61 Å². The van der Waals surface area contributed by atoms with Gasteiger partial charge in [0.25, 0.3) is 0 Å². The number of hydrogen-bond donors (Lipinski definition) is 0. The van der Waals surface area contributed by atoms with Gasteiger partial charge in [0.15, 0.2) is 0 Å². The molecule has 1 aromatic rings. The van der Waals surface area contributed by atoms with Crippen LogP contribution in [-0.2, 0) is 13.6 Å². The van der Waals surface area contributed by atoms with Crippen LogP contribution in [0.5, 0.6) is 0 Å². The highest BCUT2D eigenvalue weighted by atomic mass is 79.9. The molecular formula is C9H9BrO3P+. The van der Waals surface area contributed by atoms with Crippen LogP contribution in [0.2, 0.25) is 0 Å². The van der Waals surface area contributed by atoms with Crippen molar-refractivity contribution in [2.24, 2.45) is 0 Å². The van der Waals surface area contributed by atoms with Gasteiger partial charge in [-0.25, -0.2) is 0 Å². The molecule has 5 heteroatoms. The Labute approximate surface area is 91.5 Å². The standard InChI is InChI=1S/C9H9BrO3P/c10-8-4-2-1-3-7(8)9-5-6-12-14(11)13-9/h1-4,9H,5-6H2/q+1/t9-/m0/s1. The number of benzene rings is 1. The molecule has 0 spiro atoms. The summed E-state index contributed by atoms with van der Waals surface area (Å²) in [6.45, 7) is 0.487. The minimum atomic E-state index is -1.94. The highest BCUT2D eigenvalue weighted by molar-refractivity contribution is 9.10. The van der Waals surface area contributed by atoms with Crippen molar-refractivity contribution in [1.29, 1.82) is 0 Å². The summed E-state index contributed by atoms with van der Waals surface area (Å²) in [4.78, 5) is 0. The third kappa shape index (κ3) is 2.20. The van der Waals surface area contributed by atoms with Crippen LogP contribution < -0.4 is 0 Å². The lowest BCUT2D eigenvalue weighted by Gasteiger charge is -2.14. The molecule has 74 valence electrons. The van der Waals surface area contributed by atoms with E-state index in [1.807, 2.05) is 24.3 Å². The summed E-state index contributed by atoms with van der Waals surface area (Å²) < 4.78 is 22.1. The molecule has 2 atom stereocenters. The fraction of sp³-hybridized carbons (Fsp3) is 0.333. The van der Waals surface area contributed by atoms with Crippen LogP contribution in [0.3, 0.4) is 0 Å². The fourth-order valence-corrected chi connectivity index (χ4v) is 2.65. The zero-order valence-electron chi connectivity index (χ0n) is 7.35. The zero-order valence-corrected chi connectivity index (χ0v) is 9.83. The second-order valence-corrected chi connectivity index (χ2v) is 4.73. The summed E-state index contributed by atoms with van der Waals surface area (Å²) in [6, 6.07) is 7.78. The van der Waals surface area contributed by atoms with Crippen molar-refractivity contribution >= 4 is 24.2 Å². The number of rotatable bonds is 1. The Kier molecular flexibility index (Phi) is 3.29. The van der Waals surface area contributed by atoms with E-state index >= 15 is 0 Å². The topological polar surface area (TPSA) is 35.5 Å². The molecule has 0 bridgehead atoms. The molecule has 0 radical (unpaired) electrons. The van der Waals surface area contributed by atoms with Gasteiger partial charge in [-0.15, -0.1) is 9.05 Å². The molecule has 1 aliphatic heterocycles. The van der Waals surface area contributed by atoms with Gasteiger partial charge in [-0.1, -0.05) is 34.1 Å². The van der Waals surface area contributed by atoms with Crippen LogP contribution in [0.25, 0.3) is 0 Å². The molecule has 0 aromatic heterocycles. The Balaban J connectivity index is 2.22. The van der Waals surface area contributed by atoms with Crippen LogP contribution in [0.1, 0.15) is 18.1 Å². The molecule has 1 aromatic carbocycles. The third-order valence-electron chi connectivity index (χ3n) is 2.04. The van der Waals surface area contributed by atoms with Gasteiger partial charge in [-0.3, -0.25) is 0 Å². The van der Waals surface area contributed by atoms with E-state index in [2.05, 4.69) is 15.9 Å². The average molecular weight is 276 g/mol. The van der Waals surface area contributed by atoms with Gasteiger partial charge in [0, 0.05) is 21.0 Å². The highest BCUT2D eigenvalue weighted by Crippen LogP contribution is 2.41. The van der Waals surface area contributed by atoms with Crippen LogP contribution in [0.15, 0.2) is 28.7 Å². The van der Waals surface area contributed by atoms with E-state index in [9.17, 15) is 4.57 Å². The van der Waals surface area contributed by atoms with Crippen molar-refractivity contribution in [3.05, 3.63) is 34.3 Å².